The average Bonchev–Trinajstić information content (AvgIpc) is 3.49. The Bertz CT molecular complexity index is 1470. The highest BCUT2D eigenvalue weighted by Crippen LogP contribution is 2.18. The molecule has 484 valence electrons. The quantitative estimate of drug-likeness (QED) is 0.0261. The van der Waals surface area contributed by atoms with Gasteiger partial charge in [0.2, 0.25) is 0 Å². The van der Waals surface area contributed by atoms with Crippen LogP contribution >= 0.6 is 0 Å². The Morgan fingerprint density at radius 1 is 0.253 bits per heavy atom. The van der Waals surface area contributed by atoms with Crippen molar-refractivity contribution in [3.63, 3.8) is 0 Å². The lowest BCUT2D eigenvalue weighted by Crippen LogP contribution is -2.30. The van der Waals surface area contributed by atoms with Crippen molar-refractivity contribution < 1.29 is 28.6 Å². The van der Waals surface area contributed by atoms with Gasteiger partial charge in [0.1, 0.15) is 13.2 Å². The van der Waals surface area contributed by atoms with E-state index in [4.69, 9.17) is 14.2 Å². The van der Waals surface area contributed by atoms with Crippen LogP contribution in [0.1, 0.15) is 393 Å². The standard InChI is InChI=1S/C77H140O6/c1-4-7-10-13-16-19-22-25-28-31-34-36-38-40-43-46-49-52-55-58-61-64-67-70-76(79)82-73-74(72-81-75(78)69-66-63-60-57-54-51-48-45-42-33-30-27-24-21-18-15-12-9-6-3)83-77(80)71-68-65-62-59-56-53-50-47-44-41-39-37-35-32-29-26-23-20-17-14-11-8-5-2/h7,10,16,19,25,28,32,34-36,74H,4-6,8-9,11-15,17-18,20-24,26-27,29-31,33,37-73H2,1-3H3/b10-7-,19-16-,28-25-,35-32-,36-34-. The molecule has 0 spiro atoms. The van der Waals surface area contributed by atoms with E-state index >= 15 is 0 Å². The first-order valence-corrected chi connectivity index (χ1v) is 36.8. The predicted molar refractivity (Wildman–Crippen MR) is 362 cm³/mol. The minimum absolute atomic E-state index is 0.0707. The predicted octanol–water partition coefficient (Wildman–Crippen LogP) is 25.5. The Labute approximate surface area is 517 Å². The van der Waals surface area contributed by atoms with E-state index in [1.54, 1.807) is 0 Å². The molecule has 83 heavy (non-hydrogen) atoms. The van der Waals surface area contributed by atoms with E-state index in [1.165, 1.54) is 270 Å². The molecule has 0 fully saturated rings. The van der Waals surface area contributed by atoms with Crippen molar-refractivity contribution in [3.8, 4) is 0 Å². The maximum atomic E-state index is 13.0. The van der Waals surface area contributed by atoms with Crippen LogP contribution in [0.2, 0.25) is 0 Å². The summed E-state index contributed by atoms with van der Waals surface area (Å²) in [5, 5.41) is 0. The third-order valence-corrected chi connectivity index (χ3v) is 16.5. The second-order valence-corrected chi connectivity index (χ2v) is 24.8. The molecule has 0 rings (SSSR count). The van der Waals surface area contributed by atoms with Gasteiger partial charge in [-0.3, -0.25) is 14.4 Å². The van der Waals surface area contributed by atoms with Crippen LogP contribution in [-0.2, 0) is 28.6 Å². The van der Waals surface area contributed by atoms with Gasteiger partial charge in [0.15, 0.2) is 6.10 Å². The summed E-state index contributed by atoms with van der Waals surface area (Å²) in [6.45, 7) is 6.60. The van der Waals surface area contributed by atoms with E-state index < -0.39 is 6.10 Å². The molecule has 6 nitrogen and oxygen atoms in total. The summed E-state index contributed by atoms with van der Waals surface area (Å²) in [7, 11) is 0. The molecule has 0 aliphatic carbocycles. The number of esters is 3. The molecule has 0 bridgehead atoms. The van der Waals surface area contributed by atoms with Crippen LogP contribution in [0, 0.1) is 0 Å². The van der Waals surface area contributed by atoms with Gasteiger partial charge < -0.3 is 14.2 Å². The summed E-state index contributed by atoms with van der Waals surface area (Å²) in [5.74, 6) is -0.847. The zero-order chi connectivity index (χ0) is 59.9. The van der Waals surface area contributed by atoms with E-state index in [1.807, 2.05) is 0 Å². The van der Waals surface area contributed by atoms with Gasteiger partial charge in [-0.05, 0) is 83.5 Å². The van der Waals surface area contributed by atoms with Gasteiger partial charge in [0, 0.05) is 19.3 Å². The molecule has 0 N–H and O–H groups in total. The third-order valence-electron chi connectivity index (χ3n) is 16.5. The summed E-state index contributed by atoms with van der Waals surface area (Å²) in [5.41, 5.74) is 0. The number of ether oxygens (including phenoxy) is 3. The molecule has 0 aliphatic rings. The second kappa shape index (κ2) is 71.6. The van der Waals surface area contributed by atoms with Crippen molar-refractivity contribution in [2.75, 3.05) is 13.2 Å². The van der Waals surface area contributed by atoms with Crippen LogP contribution in [-0.4, -0.2) is 37.2 Å². The first-order valence-electron chi connectivity index (χ1n) is 36.8. The molecule has 0 saturated carbocycles. The van der Waals surface area contributed by atoms with Crippen molar-refractivity contribution in [3.05, 3.63) is 60.8 Å². The lowest BCUT2D eigenvalue weighted by molar-refractivity contribution is -0.167. The number of hydrogen-bond donors (Lipinski definition) is 0. The molecule has 0 aromatic rings. The Morgan fingerprint density at radius 3 is 0.747 bits per heavy atom. The average molecular weight is 1160 g/mol. The Kier molecular flexibility index (Phi) is 69.1. The summed E-state index contributed by atoms with van der Waals surface area (Å²) >= 11 is 0. The summed E-state index contributed by atoms with van der Waals surface area (Å²) in [4.78, 5) is 38.6. The molecule has 0 heterocycles. The highest BCUT2D eigenvalue weighted by molar-refractivity contribution is 5.71. The smallest absolute Gasteiger partial charge is 0.306 e. The van der Waals surface area contributed by atoms with Gasteiger partial charge in [-0.1, -0.05) is 351 Å². The molecule has 0 aromatic heterocycles. The van der Waals surface area contributed by atoms with Gasteiger partial charge in [-0.2, -0.15) is 0 Å². The van der Waals surface area contributed by atoms with Gasteiger partial charge in [-0.25, -0.2) is 0 Å². The molecule has 1 atom stereocenters. The third kappa shape index (κ3) is 69.8. The van der Waals surface area contributed by atoms with Crippen molar-refractivity contribution in [1.82, 2.24) is 0 Å². The van der Waals surface area contributed by atoms with E-state index in [0.717, 1.165) is 83.5 Å². The van der Waals surface area contributed by atoms with Crippen molar-refractivity contribution >= 4 is 17.9 Å². The van der Waals surface area contributed by atoms with Crippen molar-refractivity contribution in [2.24, 2.45) is 0 Å². The van der Waals surface area contributed by atoms with Gasteiger partial charge in [0.05, 0.1) is 0 Å². The highest BCUT2D eigenvalue weighted by atomic mass is 16.6. The Hall–Kier alpha value is -2.89. The van der Waals surface area contributed by atoms with E-state index in [0.29, 0.717) is 19.3 Å². The molecular formula is C77H140O6. The topological polar surface area (TPSA) is 78.9 Å². The minimum atomic E-state index is -0.777. The zero-order valence-corrected chi connectivity index (χ0v) is 55.7. The van der Waals surface area contributed by atoms with E-state index in [2.05, 4.69) is 81.5 Å². The molecule has 1 unspecified atom stereocenters. The molecule has 0 radical (unpaired) electrons. The normalized spacial score (nSPS) is 12.4. The van der Waals surface area contributed by atoms with Crippen molar-refractivity contribution in [1.29, 1.82) is 0 Å². The van der Waals surface area contributed by atoms with E-state index in [9.17, 15) is 14.4 Å². The van der Waals surface area contributed by atoms with Crippen LogP contribution < -0.4 is 0 Å². The first kappa shape index (κ1) is 80.1. The molecule has 0 aromatic carbocycles. The summed E-state index contributed by atoms with van der Waals surface area (Å²) in [6, 6.07) is 0. The molecule has 0 amide bonds. The fourth-order valence-corrected chi connectivity index (χ4v) is 11.0. The second-order valence-electron chi connectivity index (χ2n) is 24.8. The largest absolute Gasteiger partial charge is 0.462 e. The lowest BCUT2D eigenvalue weighted by Gasteiger charge is -2.18. The maximum absolute atomic E-state index is 13.0. The number of carbonyl (C=O) groups excluding carboxylic acids is 3. The van der Waals surface area contributed by atoms with Crippen molar-refractivity contribution in [2.45, 2.75) is 399 Å². The first-order chi connectivity index (χ1) is 41.0. The molecular weight excluding hydrogens is 1020 g/mol. The minimum Gasteiger partial charge on any atom is -0.462 e. The zero-order valence-electron chi connectivity index (χ0n) is 55.7. The summed E-state index contributed by atoms with van der Waals surface area (Å²) < 4.78 is 17.0. The van der Waals surface area contributed by atoms with Gasteiger partial charge in [0.25, 0.3) is 0 Å². The van der Waals surface area contributed by atoms with Crippen LogP contribution in [0.15, 0.2) is 60.8 Å². The Balaban J connectivity index is 4.33. The molecule has 0 saturated heterocycles. The summed E-state index contributed by atoms with van der Waals surface area (Å²) in [6.07, 6.45) is 92.5. The van der Waals surface area contributed by atoms with Crippen LogP contribution in [0.3, 0.4) is 0 Å². The number of unbranched alkanes of at least 4 members (excludes halogenated alkanes) is 47. The number of carbonyl (C=O) groups is 3. The van der Waals surface area contributed by atoms with Gasteiger partial charge in [-0.15, -0.1) is 0 Å². The van der Waals surface area contributed by atoms with Crippen LogP contribution in [0.4, 0.5) is 0 Å². The number of allylic oxidation sites excluding steroid dienone is 10. The van der Waals surface area contributed by atoms with Crippen LogP contribution in [0.5, 0.6) is 0 Å². The number of rotatable bonds is 68. The van der Waals surface area contributed by atoms with Gasteiger partial charge >= 0.3 is 17.9 Å². The molecule has 6 heteroatoms. The highest BCUT2D eigenvalue weighted by Gasteiger charge is 2.19. The fourth-order valence-electron chi connectivity index (χ4n) is 11.0. The number of hydrogen-bond acceptors (Lipinski definition) is 6. The lowest BCUT2D eigenvalue weighted by atomic mass is 10.0. The maximum Gasteiger partial charge on any atom is 0.306 e. The Morgan fingerprint density at radius 2 is 0.470 bits per heavy atom. The monoisotopic (exact) mass is 1160 g/mol. The van der Waals surface area contributed by atoms with Crippen LogP contribution in [0.25, 0.3) is 0 Å². The fraction of sp³-hybridized carbons (Fsp3) is 0.831. The SMILES string of the molecule is CC/C=C\C/C=C\C/C=C\C/C=C\CCCCCCCCCCCCC(=O)OCC(COC(=O)CCCCCCCCCCCCCCCCCCCCC)OC(=O)CCCCCCCCCCCCC/C=C\CCCCCCCCCC. The molecule has 0 aliphatic heterocycles. The van der Waals surface area contributed by atoms with E-state index in [-0.39, 0.29) is 31.1 Å².